The van der Waals surface area contributed by atoms with E-state index in [1.54, 1.807) is 0 Å². The van der Waals surface area contributed by atoms with E-state index >= 15 is 4.79 Å². The molecule has 6 aliphatic carbocycles. The van der Waals surface area contributed by atoms with Crippen LogP contribution in [0.2, 0.25) is 0 Å². The Balaban J connectivity index is 1.06. The highest BCUT2D eigenvalue weighted by atomic mass is 16.2. The van der Waals surface area contributed by atoms with Gasteiger partial charge in [0.1, 0.15) is 5.78 Å². The van der Waals surface area contributed by atoms with Crippen LogP contribution in [-0.4, -0.2) is 53.7 Å². The molecule has 4 nitrogen and oxygen atoms in total. The first-order chi connectivity index (χ1) is 25.7. The first-order valence-corrected chi connectivity index (χ1v) is 20.9. The van der Waals surface area contributed by atoms with Crippen molar-refractivity contribution in [2.75, 3.05) is 26.2 Å². The van der Waals surface area contributed by atoms with Gasteiger partial charge in [0.25, 0.3) is 0 Å². The molecule has 0 radical (unpaired) electrons. The SMILES string of the molecule is [2H]C([2H])([2H])C(N1CCN(C(=O)[C@H]2C[C@@H](CC(=O)[C@]34CC[C@@H](C(=C)C)[C@@H]3[C@H]3CC[C@@H]5[C@@]6(C)CC[C@H](C)C(C)(C)[C@@H]6CC[C@@]5(C)[C@]3(C)CC4)C2(C)C)CC1)C([2H])([2H])[2H]. The van der Waals surface area contributed by atoms with Crippen molar-refractivity contribution in [3.05, 3.63) is 12.2 Å². The monoisotopic (exact) mass is 695 g/mol. The summed E-state index contributed by atoms with van der Waals surface area (Å²) >= 11 is 0. The number of amides is 1. The molecule has 282 valence electrons. The Hall–Kier alpha value is -1.16. The van der Waals surface area contributed by atoms with E-state index in [9.17, 15) is 4.79 Å². The molecule has 6 saturated carbocycles. The van der Waals surface area contributed by atoms with Crippen LogP contribution in [0.5, 0.6) is 0 Å². The standard InChI is InChI=1S/C46H76N2O2/c1-29(2)33-16-20-46(38(49)28-32-27-35(42(32,8)9)40(50)48-25-23-47(24-26-48)30(3)4)22-21-44(11)34(39(33)46)13-14-37-43(10)18-15-31(5)41(6,7)36(43)17-19-45(37,44)12/h30-37,39H,1,13-28H2,2-12H3/t31-,32-,33-,34+,35+,36-,37+,39+,43-,44+,45+,46+/m0/s1/i3D3,4D3. The van der Waals surface area contributed by atoms with Crippen LogP contribution in [0.3, 0.4) is 0 Å². The predicted molar refractivity (Wildman–Crippen MR) is 206 cm³/mol. The van der Waals surface area contributed by atoms with E-state index in [-0.39, 0.29) is 52.5 Å². The molecule has 7 fully saturated rings. The average Bonchev–Trinajstić information content (AvgIpc) is 3.49. The molecule has 0 bridgehead atoms. The molecule has 0 unspecified atom stereocenters. The summed E-state index contributed by atoms with van der Waals surface area (Å²) in [5.74, 6) is 4.02. The minimum absolute atomic E-state index is 0.0644. The third-order valence-electron chi connectivity index (χ3n) is 19.4. The van der Waals surface area contributed by atoms with Crippen LogP contribution >= 0.6 is 0 Å². The molecule has 1 saturated heterocycles. The van der Waals surface area contributed by atoms with Gasteiger partial charge in [-0.15, -0.1) is 0 Å². The number of nitrogens with zero attached hydrogens (tertiary/aromatic N) is 2. The lowest BCUT2D eigenvalue weighted by molar-refractivity contribution is -0.240. The molecule has 1 amide bonds. The van der Waals surface area contributed by atoms with Crippen molar-refractivity contribution in [3.8, 4) is 0 Å². The lowest BCUT2D eigenvalue weighted by Crippen LogP contribution is -2.66. The Morgan fingerprint density at radius 3 is 2.14 bits per heavy atom. The van der Waals surface area contributed by atoms with E-state index < -0.39 is 19.7 Å². The zero-order valence-corrected chi connectivity index (χ0v) is 33.4. The summed E-state index contributed by atoms with van der Waals surface area (Å²) in [6.07, 6.45) is 13.3. The highest BCUT2D eigenvalue weighted by Gasteiger charge is 2.72. The maximum absolute atomic E-state index is 15.2. The molecule has 12 atom stereocenters. The van der Waals surface area contributed by atoms with E-state index in [1.807, 2.05) is 4.90 Å². The number of allylic oxidation sites excluding steroid dienone is 1. The fourth-order valence-electron chi connectivity index (χ4n) is 15.4. The van der Waals surface area contributed by atoms with Crippen molar-refractivity contribution < 1.29 is 17.8 Å². The number of fused-ring (bicyclic) bond motifs is 7. The van der Waals surface area contributed by atoms with Crippen molar-refractivity contribution in [1.29, 1.82) is 0 Å². The third kappa shape index (κ3) is 5.03. The zero-order valence-electron chi connectivity index (χ0n) is 39.4. The Morgan fingerprint density at radius 2 is 1.50 bits per heavy atom. The Labute approximate surface area is 316 Å². The molecule has 1 aliphatic heterocycles. The number of rotatable bonds is 6. The number of carbonyl (C=O) groups excluding carboxylic acids is 2. The van der Waals surface area contributed by atoms with E-state index in [0.29, 0.717) is 60.3 Å². The summed E-state index contributed by atoms with van der Waals surface area (Å²) < 4.78 is 47.3. The molecule has 1 heterocycles. The first-order valence-electron chi connectivity index (χ1n) is 23.9. The quantitative estimate of drug-likeness (QED) is 0.260. The Kier molecular flexibility index (Phi) is 7.35. The third-order valence-corrected chi connectivity index (χ3v) is 19.4. The van der Waals surface area contributed by atoms with Crippen molar-refractivity contribution in [2.24, 2.45) is 79.8 Å². The number of Topliss-reactive ketones (excluding diaryl/α,β-unsaturated/α-hetero) is 1. The lowest BCUT2D eigenvalue weighted by Gasteiger charge is -2.73. The van der Waals surface area contributed by atoms with E-state index in [4.69, 9.17) is 8.22 Å². The van der Waals surface area contributed by atoms with Gasteiger partial charge in [-0.3, -0.25) is 14.5 Å². The van der Waals surface area contributed by atoms with Crippen LogP contribution in [-0.2, 0) is 9.59 Å². The zero-order chi connectivity index (χ0) is 41.4. The Morgan fingerprint density at radius 1 is 0.800 bits per heavy atom. The van der Waals surface area contributed by atoms with Crippen LogP contribution in [0.15, 0.2) is 12.2 Å². The van der Waals surface area contributed by atoms with Gasteiger partial charge in [0, 0.05) is 58.2 Å². The van der Waals surface area contributed by atoms with E-state index in [0.717, 1.165) is 43.4 Å². The molecule has 0 aromatic heterocycles. The van der Waals surface area contributed by atoms with Crippen molar-refractivity contribution in [3.63, 3.8) is 0 Å². The van der Waals surface area contributed by atoms with E-state index in [1.165, 1.54) is 49.0 Å². The summed E-state index contributed by atoms with van der Waals surface area (Å²) in [5, 5.41) is 0. The van der Waals surface area contributed by atoms with Gasteiger partial charge in [-0.1, -0.05) is 67.5 Å². The molecular formula is C46H76N2O2. The van der Waals surface area contributed by atoms with Gasteiger partial charge in [-0.25, -0.2) is 0 Å². The maximum Gasteiger partial charge on any atom is 0.226 e. The predicted octanol–water partition coefficient (Wildman–Crippen LogP) is 10.5. The number of ketones is 1. The van der Waals surface area contributed by atoms with Gasteiger partial charge in [0.15, 0.2) is 0 Å². The van der Waals surface area contributed by atoms with Crippen LogP contribution in [0.25, 0.3) is 0 Å². The number of piperazine rings is 1. The minimum Gasteiger partial charge on any atom is -0.340 e. The molecule has 7 aliphatic rings. The number of hydrogen-bond acceptors (Lipinski definition) is 3. The van der Waals surface area contributed by atoms with Crippen LogP contribution in [0.1, 0.15) is 161 Å². The maximum atomic E-state index is 15.2. The number of hydrogen-bond donors (Lipinski definition) is 0. The highest BCUT2D eigenvalue weighted by Crippen LogP contribution is 2.78. The second-order valence-electron chi connectivity index (χ2n) is 21.3. The molecule has 7 rings (SSSR count). The van der Waals surface area contributed by atoms with Gasteiger partial charge < -0.3 is 4.90 Å². The van der Waals surface area contributed by atoms with Crippen molar-refractivity contribution in [2.45, 2.75) is 159 Å². The normalized spacial score (nSPS) is 50.4. The van der Waals surface area contributed by atoms with Gasteiger partial charge >= 0.3 is 0 Å². The molecule has 0 N–H and O–H groups in total. The highest BCUT2D eigenvalue weighted by molar-refractivity contribution is 5.87. The second kappa shape index (κ2) is 12.2. The summed E-state index contributed by atoms with van der Waals surface area (Å²) in [6, 6.07) is -1.53. The van der Waals surface area contributed by atoms with Gasteiger partial charge in [0.05, 0.1) is 0 Å². The second-order valence-corrected chi connectivity index (χ2v) is 21.3. The molecule has 0 aromatic carbocycles. The summed E-state index contributed by atoms with van der Waals surface area (Å²) in [5.41, 5.74) is 1.86. The fraction of sp³-hybridized carbons (Fsp3) is 0.913. The average molecular weight is 695 g/mol. The minimum atomic E-state index is -2.63. The summed E-state index contributed by atoms with van der Waals surface area (Å²) in [7, 11) is 0. The largest absolute Gasteiger partial charge is 0.340 e. The fourth-order valence-corrected chi connectivity index (χ4v) is 15.4. The molecule has 0 spiro atoms. The van der Waals surface area contributed by atoms with Crippen molar-refractivity contribution in [1.82, 2.24) is 9.80 Å². The number of carbonyl (C=O) groups is 2. The van der Waals surface area contributed by atoms with Crippen LogP contribution in [0.4, 0.5) is 0 Å². The smallest absolute Gasteiger partial charge is 0.226 e. The molecule has 4 heteroatoms. The van der Waals surface area contributed by atoms with Gasteiger partial charge in [0.2, 0.25) is 5.91 Å². The van der Waals surface area contributed by atoms with Gasteiger partial charge in [-0.05, 0) is 160 Å². The lowest BCUT2D eigenvalue weighted by atomic mass is 9.31. The molecule has 0 aromatic rings. The summed E-state index contributed by atoms with van der Waals surface area (Å²) in [6.45, 7) is 22.7. The summed E-state index contributed by atoms with van der Waals surface area (Å²) in [4.78, 5) is 32.5. The molecule has 50 heavy (non-hydrogen) atoms. The Bertz CT molecular complexity index is 1570. The van der Waals surface area contributed by atoms with Crippen molar-refractivity contribution >= 4 is 11.7 Å². The molecular weight excluding hydrogens is 613 g/mol. The van der Waals surface area contributed by atoms with Gasteiger partial charge in [-0.2, -0.15) is 0 Å². The van der Waals surface area contributed by atoms with E-state index in [2.05, 4.69) is 68.9 Å². The first kappa shape index (κ1) is 30.2. The topological polar surface area (TPSA) is 40.6 Å². The van der Waals surface area contributed by atoms with Crippen LogP contribution < -0.4 is 0 Å². The van der Waals surface area contributed by atoms with Crippen LogP contribution in [0, 0.1) is 79.8 Å².